The van der Waals surface area contributed by atoms with Crippen LogP contribution in [0, 0.1) is 0 Å². The second-order valence-electron chi connectivity index (χ2n) is 6.64. The van der Waals surface area contributed by atoms with E-state index in [1.54, 1.807) is 18.2 Å². The summed E-state index contributed by atoms with van der Waals surface area (Å²) in [6.07, 6.45) is 0.847. The van der Waals surface area contributed by atoms with Gasteiger partial charge in [-0.2, -0.15) is 0 Å². The molecule has 3 aromatic carbocycles. The van der Waals surface area contributed by atoms with E-state index < -0.39 is 11.7 Å². The molecule has 0 bridgehead atoms. The fraction of sp³-hybridized carbons (Fsp3) is 0.0833. The van der Waals surface area contributed by atoms with Gasteiger partial charge in [-0.15, -0.1) is 0 Å². The molecule has 0 saturated carbocycles. The molecule has 0 saturated heterocycles. The van der Waals surface area contributed by atoms with E-state index in [0.717, 1.165) is 22.9 Å². The van der Waals surface area contributed by atoms with E-state index in [9.17, 15) is 14.7 Å². The molecule has 3 aromatic rings. The van der Waals surface area contributed by atoms with Gasteiger partial charge in [0.1, 0.15) is 5.76 Å². The van der Waals surface area contributed by atoms with Crippen LogP contribution in [0.5, 0.6) is 0 Å². The van der Waals surface area contributed by atoms with Crippen LogP contribution in [0.3, 0.4) is 0 Å². The molecule has 0 aliphatic rings. The molecule has 0 fully saturated rings. The molecule has 0 aromatic heterocycles. The zero-order valence-electron chi connectivity index (χ0n) is 15.9. The zero-order valence-corrected chi connectivity index (χ0v) is 15.9. The monoisotopic (exact) mass is 386 g/mol. The molecule has 0 unspecified atom stereocenters. The number of anilines is 1. The number of hydrogen-bond donors (Lipinski definition) is 2. The van der Waals surface area contributed by atoms with Crippen LogP contribution >= 0.6 is 0 Å². The van der Waals surface area contributed by atoms with Crippen molar-refractivity contribution in [3.8, 4) is 0 Å². The van der Waals surface area contributed by atoms with E-state index in [0.29, 0.717) is 18.7 Å². The Hall–Kier alpha value is -3.86. The van der Waals surface area contributed by atoms with Crippen LogP contribution in [-0.2, 0) is 22.7 Å². The van der Waals surface area contributed by atoms with Crippen LogP contribution in [0.4, 0.5) is 5.69 Å². The third kappa shape index (κ3) is 5.56. The first-order chi connectivity index (χ1) is 14.0. The standard InChI is InChI=1S/C24H22N2O3/c25-24(29)23(28)15-22(27)20-12-7-13-21(14-20)26(16-18-8-3-1-4-9-18)17-19-10-5-2-6-11-19/h1-15,27H,16-17H2,(H2,25,29)/b22-15-. The van der Waals surface area contributed by atoms with E-state index in [-0.39, 0.29) is 5.76 Å². The molecule has 3 N–H and O–H groups in total. The van der Waals surface area contributed by atoms with Crippen molar-refractivity contribution in [2.24, 2.45) is 5.73 Å². The molecule has 0 aliphatic carbocycles. The van der Waals surface area contributed by atoms with Crippen LogP contribution in [0.25, 0.3) is 5.76 Å². The molecule has 5 heteroatoms. The number of rotatable bonds is 8. The molecule has 0 heterocycles. The fourth-order valence-corrected chi connectivity index (χ4v) is 2.99. The van der Waals surface area contributed by atoms with Crippen LogP contribution in [0.2, 0.25) is 0 Å². The topological polar surface area (TPSA) is 83.6 Å². The minimum absolute atomic E-state index is 0.296. The van der Waals surface area contributed by atoms with Crippen LogP contribution in [-0.4, -0.2) is 16.8 Å². The van der Waals surface area contributed by atoms with E-state index in [1.807, 2.05) is 42.5 Å². The summed E-state index contributed by atoms with van der Waals surface area (Å²) in [6, 6.07) is 27.4. The van der Waals surface area contributed by atoms with Gasteiger partial charge in [-0.1, -0.05) is 72.8 Å². The summed E-state index contributed by atoms with van der Waals surface area (Å²) in [6.45, 7) is 1.34. The van der Waals surface area contributed by atoms with Crippen molar-refractivity contribution in [1.82, 2.24) is 0 Å². The average molecular weight is 386 g/mol. The first kappa shape index (κ1) is 19.9. The second kappa shape index (κ2) is 9.37. The lowest BCUT2D eigenvalue weighted by Crippen LogP contribution is -2.22. The molecule has 0 atom stereocenters. The van der Waals surface area contributed by atoms with E-state index in [4.69, 9.17) is 5.73 Å². The maximum Gasteiger partial charge on any atom is 0.289 e. The Morgan fingerprint density at radius 3 is 1.90 bits per heavy atom. The predicted octanol–water partition coefficient (Wildman–Crippen LogP) is 3.85. The normalized spacial score (nSPS) is 11.1. The number of benzene rings is 3. The Labute approximate surface area is 169 Å². The number of carbonyl (C=O) groups is 2. The lowest BCUT2D eigenvalue weighted by atomic mass is 10.1. The average Bonchev–Trinajstić information content (AvgIpc) is 2.74. The van der Waals surface area contributed by atoms with Gasteiger partial charge in [0.05, 0.1) is 0 Å². The van der Waals surface area contributed by atoms with Crippen molar-refractivity contribution in [2.45, 2.75) is 13.1 Å². The van der Waals surface area contributed by atoms with Crippen molar-refractivity contribution in [3.05, 3.63) is 108 Å². The highest BCUT2D eigenvalue weighted by molar-refractivity contribution is 6.41. The smallest absolute Gasteiger partial charge is 0.289 e. The number of ketones is 1. The van der Waals surface area contributed by atoms with Crippen LogP contribution in [0.1, 0.15) is 16.7 Å². The van der Waals surface area contributed by atoms with Gasteiger partial charge in [0.15, 0.2) is 0 Å². The Kier molecular flexibility index (Phi) is 6.43. The van der Waals surface area contributed by atoms with Gasteiger partial charge in [0.2, 0.25) is 5.78 Å². The minimum Gasteiger partial charge on any atom is -0.507 e. The fourth-order valence-electron chi connectivity index (χ4n) is 2.99. The molecule has 29 heavy (non-hydrogen) atoms. The number of aliphatic hydroxyl groups excluding tert-OH is 1. The molecule has 0 aliphatic heterocycles. The number of amides is 1. The van der Waals surface area contributed by atoms with Crippen molar-refractivity contribution in [2.75, 3.05) is 4.90 Å². The zero-order chi connectivity index (χ0) is 20.6. The highest BCUT2D eigenvalue weighted by Crippen LogP contribution is 2.24. The van der Waals surface area contributed by atoms with Gasteiger partial charge in [0, 0.05) is 30.4 Å². The van der Waals surface area contributed by atoms with Crippen LogP contribution in [0.15, 0.2) is 91.0 Å². The summed E-state index contributed by atoms with van der Waals surface area (Å²) in [5.41, 5.74) is 8.57. The van der Waals surface area contributed by atoms with Crippen molar-refractivity contribution in [1.29, 1.82) is 0 Å². The third-order valence-electron chi connectivity index (χ3n) is 4.45. The van der Waals surface area contributed by atoms with E-state index >= 15 is 0 Å². The molecular formula is C24H22N2O3. The Bertz CT molecular complexity index is 973. The number of primary amides is 1. The van der Waals surface area contributed by atoms with Gasteiger partial charge in [-0.25, -0.2) is 0 Å². The molecule has 5 nitrogen and oxygen atoms in total. The number of aliphatic hydroxyl groups is 1. The lowest BCUT2D eigenvalue weighted by molar-refractivity contribution is -0.133. The predicted molar refractivity (Wildman–Crippen MR) is 114 cm³/mol. The lowest BCUT2D eigenvalue weighted by Gasteiger charge is -2.26. The maximum absolute atomic E-state index is 11.5. The summed E-state index contributed by atoms with van der Waals surface area (Å²) in [5, 5.41) is 10.2. The Balaban J connectivity index is 1.92. The summed E-state index contributed by atoms with van der Waals surface area (Å²) in [7, 11) is 0. The number of nitrogens with two attached hydrogens (primary N) is 1. The maximum atomic E-state index is 11.5. The molecule has 0 spiro atoms. The minimum atomic E-state index is -1.11. The first-order valence-electron chi connectivity index (χ1n) is 9.20. The second-order valence-corrected chi connectivity index (χ2v) is 6.64. The summed E-state index contributed by atoms with van der Waals surface area (Å²) >= 11 is 0. The van der Waals surface area contributed by atoms with Crippen molar-refractivity contribution >= 4 is 23.1 Å². The first-order valence-corrected chi connectivity index (χ1v) is 9.20. The summed E-state index contributed by atoms with van der Waals surface area (Å²) in [5.74, 6) is -2.35. The van der Waals surface area contributed by atoms with Crippen LogP contribution < -0.4 is 10.6 Å². The third-order valence-corrected chi connectivity index (χ3v) is 4.45. The van der Waals surface area contributed by atoms with Gasteiger partial charge < -0.3 is 15.7 Å². The molecular weight excluding hydrogens is 364 g/mol. The van der Waals surface area contributed by atoms with Gasteiger partial charge in [-0.3, -0.25) is 9.59 Å². The van der Waals surface area contributed by atoms with Gasteiger partial charge >= 0.3 is 0 Å². The highest BCUT2D eigenvalue weighted by atomic mass is 16.3. The Morgan fingerprint density at radius 1 is 0.828 bits per heavy atom. The molecule has 1 amide bonds. The number of hydrogen-bond acceptors (Lipinski definition) is 4. The SMILES string of the molecule is NC(=O)C(=O)/C=C(\O)c1cccc(N(Cc2ccccc2)Cc2ccccc2)c1. The van der Waals surface area contributed by atoms with Crippen molar-refractivity contribution < 1.29 is 14.7 Å². The quantitative estimate of drug-likeness (QED) is 0.350. The van der Waals surface area contributed by atoms with Gasteiger partial charge in [0.25, 0.3) is 5.91 Å². The Morgan fingerprint density at radius 2 is 1.38 bits per heavy atom. The van der Waals surface area contributed by atoms with Gasteiger partial charge in [-0.05, 0) is 23.3 Å². The number of nitrogens with zero attached hydrogens (tertiary/aromatic N) is 1. The molecule has 0 radical (unpaired) electrons. The molecule has 3 rings (SSSR count). The number of carbonyl (C=O) groups excluding carboxylic acids is 2. The highest BCUT2D eigenvalue weighted by Gasteiger charge is 2.12. The van der Waals surface area contributed by atoms with E-state index in [1.165, 1.54) is 0 Å². The summed E-state index contributed by atoms with van der Waals surface area (Å²) in [4.78, 5) is 24.6. The van der Waals surface area contributed by atoms with E-state index in [2.05, 4.69) is 29.2 Å². The van der Waals surface area contributed by atoms with Crippen molar-refractivity contribution in [3.63, 3.8) is 0 Å². The molecule has 146 valence electrons. The summed E-state index contributed by atoms with van der Waals surface area (Å²) < 4.78 is 0. The largest absolute Gasteiger partial charge is 0.507 e.